The van der Waals surface area contributed by atoms with E-state index in [1.54, 1.807) is 0 Å². The Bertz CT molecular complexity index is 707. The van der Waals surface area contributed by atoms with Crippen LogP contribution in [0.2, 0.25) is 36.3 Å². The second kappa shape index (κ2) is 10.4. The Balaban J connectivity index is 2.27. The van der Waals surface area contributed by atoms with Gasteiger partial charge in [-0.25, -0.2) is 0 Å². The van der Waals surface area contributed by atoms with E-state index >= 15 is 0 Å². The normalized spacial score (nSPS) is 25.7. The van der Waals surface area contributed by atoms with Crippen molar-refractivity contribution in [3.8, 4) is 0 Å². The molecule has 0 aliphatic heterocycles. The molecule has 0 unspecified atom stereocenters. The summed E-state index contributed by atoms with van der Waals surface area (Å²) in [6.07, 6.45) is 1.59. The molecule has 32 heavy (non-hydrogen) atoms. The average molecular weight is 481 g/mol. The minimum absolute atomic E-state index is 0.0351. The molecule has 184 valence electrons. The van der Waals surface area contributed by atoms with Gasteiger partial charge in [-0.2, -0.15) is 0 Å². The molecule has 2 rings (SSSR count). The number of hydrogen-bond donors (Lipinski definition) is 1. The fraction of sp³-hybridized carbons (Fsp3) is 0.769. The molecular formula is C26H48O4Si2. The maximum Gasteiger partial charge on any atom is 0.192 e. The van der Waals surface area contributed by atoms with E-state index in [-0.39, 0.29) is 40.9 Å². The van der Waals surface area contributed by atoms with Crippen LogP contribution >= 0.6 is 0 Å². The number of aliphatic hydroxyl groups excluding tert-OH is 1. The predicted molar refractivity (Wildman–Crippen MR) is 139 cm³/mol. The van der Waals surface area contributed by atoms with E-state index in [1.807, 2.05) is 18.2 Å². The van der Waals surface area contributed by atoms with Crippen molar-refractivity contribution in [2.75, 3.05) is 6.61 Å². The number of rotatable bonds is 8. The molecule has 1 N–H and O–H groups in total. The monoisotopic (exact) mass is 480 g/mol. The molecule has 1 aromatic carbocycles. The average Bonchev–Trinajstić information content (AvgIpc) is 2.64. The number of benzene rings is 1. The summed E-state index contributed by atoms with van der Waals surface area (Å²) in [4.78, 5) is 0. The second-order valence-electron chi connectivity index (χ2n) is 12.6. The summed E-state index contributed by atoms with van der Waals surface area (Å²) in [7, 11) is -3.93. The van der Waals surface area contributed by atoms with Crippen LogP contribution in [0.15, 0.2) is 30.3 Å². The zero-order valence-electron chi connectivity index (χ0n) is 22.2. The lowest BCUT2D eigenvalue weighted by atomic mass is 9.82. The molecule has 0 spiro atoms. The number of aliphatic hydroxyl groups is 1. The Morgan fingerprint density at radius 1 is 0.812 bits per heavy atom. The van der Waals surface area contributed by atoms with Gasteiger partial charge in [-0.1, -0.05) is 71.9 Å². The molecule has 0 saturated heterocycles. The molecule has 1 aliphatic carbocycles. The topological polar surface area (TPSA) is 47.9 Å². The summed E-state index contributed by atoms with van der Waals surface area (Å²) >= 11 is 0. The zero-order valence-corrected chi connectivity index (χ0v) is 24.2. The van der Waals surface area contributed by atoms with Crippen LogP contribution in [0.25, 0.3) is 0 Å². The molecule has 1 aromatic rings. The van der Waals surface area contributed by atoms with E-state index in [1.165, 1.54) is 0 Å². The summed E-state index contributed by atoms with van der Waals surface area (Å²) in [5.41, 5.74) is 1.15. The predicted octanol–water partition coefficient (Wildman–Crippen LogP) is 6.75. The molecule has 0 bridgehead atoms. The first kappa shape index (κ1) is 27.7. The van der Waals surface area contributed by atoms with Crippen molar-refractivity contribution in [1.82, 2.24) is 0 Å². The van der Waals surface area contributed by atoms with Crippen molar-refractivity contribution in [3.05, 3.63) is 35.9 Å². The van der Waals surface area contributed by atoms with Crippen molar-refractivity contribution < 1.29 is 18.7 Å². The van der Waals surface area contributed by atoms with Crippen molar-refractivity contribution in [2.24, 2.45) is 5.92 Å². The lowest BCUT2D eigenvalue weighted by molar-refractivity contribution is -0.112. The lowest BCUT2D eigenvalue weighted by Gasteiger charge is -2.48. The van der Waals surface area contributed by atoms with E-state index in [4.69, 9.17) is 13.6 Å². The molecule has 4 atom stereocenters. The van der Waals surface area contributed by atoms with Gasteiger partial charge in [0.25, 0.3) is 0 Å². The van der Waals surface area contributed by atoms with E-state index in [2.05, 4.69) is 79.9 Å². The van der Waals surface area contributed by atoms with Crippen LogP contribution in [-0.2, 0) is 20.2 Å². The lowest BCUT2D eigenvalue weighted by Crippen LogP contribution is -2.55. The molecule has 4 nitrogen and oxygen atoms in total. The van der Waals surface area contributed by atoms with Crippen molar-refractivity contribution in [1.29, 1.82) is 0 Å². The quantitative estimate of drug-likeness (QED) is 0.418. The van der Waals surface area contributed by atoms with Crippen molar-refractivity contribution in [3.63, 3.8) is 0 Å². The zero-order chi connectivity index (χ0) is 24.4. The largest absolute Gasteiger partial charge is 0.414 e. The van der Waals surface area contributed by atoms with Crippen LogP contribution in [0.5, 0.6) is 0 Å². The standard InChI is InChI=1S/C26H48O4Si2/c1-25(2,3)31(7,8)29-21-16-23(28-19-20-14-12-11-13-15-20)22(18-27)24(17-21)30-32(9,10)26(4,5)6/h11-15,21-24,27H,16-19H2,1-10H3/t21-,22+,23-,24+/m1/s1. The van der Waals surface area contributed by atoms with Gasteiger partial charge in [0.05, 0.1) is 25.4 Å². The molecule has 1 fully saturated rings. The highest BCUT2D eigenvalue weighted by atomic mass is 28.4. The molecule has 0 amide bonds. The first-order valence-corrected chi connectivity index (χ1v) is 18.0. The summed E-state index contributed by atoms with van der Waals surface area (Å²) in [5, 5.41) is 10.7. The van der Waals surface area contributed by atoms with Crippen molar-refractivity contribution >= 4 is 16.6 Å². The van der Waals surface area contributed by atoms with Gasteiger partial charge in [0, 0.05) is 12.0 Å². The van der Waals surface area contributed by atoms with E-state index in [9.17, 15) is 5.11 Å². The Morgan fingerprint density at radius 3 is 1.81 bits per heavy atom. The van der Waals surface area contributed by atoms with Crippen molar-refractivity contribution in [2.45, 2.75) is 116 Å². The number of hydrogen-bond acceptors (Lipinski definition) is 4. The first-order chi connectivity index (χ1) is 14.6. The van der Waals surface area contributed by atoms with Crippen LogP contribution in [0.3, 0.4) is 0 Å². The highest BCUT2D eigenvalue weighted by Gasteiger charge is 2.48. The summed E-state index contributed by atoms with van der Waals surface area (Å²) in [5.74, 6) is -0.0351. The van der Waals surface area contributed by atoms with Gasteiger partial charge in [0.1, 0.15) is 0 Å². The van der Waals surface area contributed by atoms with Gasteiger partial charge in [-0.05, 0) is 54.7 Å². The first-order valence-electron chi connectivity index (χ1n) is 12.2. The second-order valence-corrected chi connectivity index (χ2v) is 22.1. The maximum absolute atomic E-state index is 10.4. The van der Waals surface area contributed by atoms with Gasteiger partial charge < -0.3 is 18.7 Å². The Hall–Kier alpha value is -0.506. The Kier molecular flexibility index (Phi) is 9.02. The van der Waals surface area contributed by atoms with E-state index in [0.717, 1.165) is 18.4 Å². The minimum atomic E-state index is -2.00. The minimum Gasteiger partial charge on any atom is -0.414 e. The molecule has 0 radical (unpaired) electrons. The molecule has 0 aromatic heterocycles. The molecular weight excluding hydrogens is 432 g/mol. The third-order valence-electron chi connectivity index (χ3n) is 7.98. The summed E-state index contributed by atoms with van der Waals surface area (Å²) in [6.45, 7) is 23.5. The highest BCUT2D eigenvalue weighted by Crippen LogP contribution is 2.43. The van der Waals surface area contributed by atoms with Crippen LogP contribution in [0, 0.1) is 5.92 Å². The number of ether oxygens (including phenoxy) is 1. The Labute approximate surface area is 199 Å². The molecule has 0 heterocycles. The van der Waals surface area contributed by atoms with Gasteiger partial charge in [0.2, 0.25) is 0 Å². The van der Waals surface area contributed by atoms with Gasteiger partial charge >= 0.3 is 0 Å². The van der Waals surface area contributed by atoms with Gasteiger partial charge in [-0.3, -0.25) is 0 Å². The van der Waals surface area contributed by atoms with E-state index < -0.39 is 16.6 Å². The van der Waals surface area contributed by atoms with Gasteiger partial charge in [-0.15, -0.1) is 0 Å². The SMILES string of the molecule is CC(C)(C)[Si](C)(C)O[C@H]1C[C@H](O[Si](C)(C)C(C)(C)C)[C@@H](CO)[C@H](OCc2ccccc2)C1. The van der Waals surface area contributed by atoms with Crippen LogP contribution in [0.4, 0.5) is 0 Å². The van der Waals surface area contributed by atoms with Crippen LogP contribution in [-0.4, -0.2) is 46.7 Å². The maximum atomic E-state index is 10.4. The fourth-order valence-corrected chi connectivity index (χ4v) is 6.55. The van der Waals surface area contributed by atoms with E-state index in [0.29, 0.717) is 6.61 Å². The Morgan fingerprint density at radius 2 is 1.31 bits per heavy atom. The fourth-order valence-electron chi connectivity index (χ4n) is 3.79. The molecule has 1 aliphatic rings. The molecule has 6 heteroatoms. The third-order valence-corrected chi connectivity index (χ3v) is 17.0. The highest BCUT2D eigenvalue weighted by molar-refractivity contribution is 6.74. The summed E-state index contributed by atoms with van der Waals surface area (Å²) < 4.78 is 20.2. The van der Waals surface area contributed by atoms with Crippen LogP contribution in [0.1, 0.15) is 59.9 Å². The van der Waals surface area contributed by atoms with Crippen LogP contribution < -0.4 is 0 Å². The smallest absolute Gasteiger partial charge is 0.192 e. The molecule has 1 saturated carbocycles. The van der Waals surface area contributed by atoms with Gasteiger partial charge in [0.15, 0.2) is 16.6 Å². The summed E-state index contributed by atoms with van der Waals surface area (Å²) in [6, 6.07) is 10.3. The third kappa shape index (κ3) is 7.00.